The molecule has 6 nitrogen and oxygen atoms in total. The molecule has 2 aliphatic heterocycles. The Hall–Kier alpha value is -3.02. The molecule has 0 bridgehead atoms. The van der Waals surface area contributed by atoms with Crippen LogP contribution in [0.25, 0.3) is 0 Å². The molecule has 2 aromatic carbocycles. The molecule has 0 saturated carbocycles. The van der Waals surface area contributed by atoms with E-state index in [4.69, 9.17) is 0 Å². The zero-order chi connectivity index (χ0) is 16.8. The van der Waals surface area contributed by atoms with Gasteiger partial charge >= 0.3 is 0 Å². The van der Waals surface area contributed by atoms with Gasteiger partial charge in [-0.2, -0.15) is 0 Å². The van der Waals surface area contributed by atoms with E-state index in [9.17, 15) is 20.4 Å². The number of phenols is 4. The maximum atomic E-state index is 9.87. The van der Waals surface area contributed by atoms with Gasteiger partial charge in [0.15, 0.2) is 23.0 Å². The number of aromatic hydroxyl groups is 4. The summed E-state index contributed by atoms with van der Waals surface area (Å²) in [5.74, 6) is -0.584. The average molecular weight is 326 g/mol. The Morgan fingerprint density at radius 1 is 0.583 bits per heavy atom. The van der Waals surface area contributed by atoms with Crippen molar-refractivity contribution < 1.29 is 30.4 Å². The third kappa shape index (κ3) is 2.19. The predicted octanol–water partition coefficient (Wildman–Crippen LogP) is -1.94. The van der Waals surface area contributed by atoms with Crippen molar-refractivity contribution in [1.82, 2.24) is 0 Å². The van der Waals surface area contributed by atoms with Crippen molar-refractivity contribution in [2.45, 2.75) is 12.8 Å². The molecule has 2 aliphatic rings. The topological polar surface area (TPSA) is 109 Å². The second-order valence-corrected chi connectivity index (χ2v) is 6.10. The molecule has 122 valence electrons. The standard InChI is InChI=1S/C18H16N2O4/c21-13-5-9-1-3-19-17(11(9)7-15(13)23)18-12-8-16(24)14(22)6-10(12)2-4-20-18/h5-8,21-24H,1-4H2/p+2. The van der Waals surface area contributed by atoms with Crippen LogP contribution in [0.15, 0.2) is 24.3 Å². The van der Waals surface area contributed by atoms with E-state index in [1.807, 2.05) is 0 Å². The van der Waals surface area contributed by atoms with Gasteiger partial charge in [0.25, 0.3) is 11.4 Å². The van der Waals surface area contributed by atoms with Crippen LogP contribution in [0.4, 0.5) is 0 Å². The van der Waals surface area contributed by atoms with Gasteiger partial charge in [-0.25, -0.2) is 9.98 Å². The number of hydrogen-bond acceptors (Lipinski definition) is 4. The second-order valence-electron chi connectivity index (χ2n) is 6.10. The number of benzene rings is 2. The van der Waals surface area contributed by atoms with Crippen molar-refractivity contribution in [2.75, 3.05) is 13.1 Å². The van der Waals surface area contributed by atoms with E-state index < -0.39 is 0 Å². The average Bonchev–Trinajstić information content (AvgIpc) is 2.56. The fourth-order valence-corrected chi connectivity index (χ4v) is 3.40. The van der Waals surface area contributed by atoms with Gasteiger partial charge in [-0.15, -0.1) is 0 Å². The highest BCUT2D eigenvalue weighted by Gasteiger charge is 2.34. The first-order chi connectivity index (χ1) is 11.5. The van der Waals surface area contributed by atoms with Crippen molar-refractivity contribution in [3.8, 4) is 23.0 Å². The van der Waals surface area contributed by atoms with Crippen LogP contribution in [0.2, 0.25) is 0 Å². The summed E-state index contributed by atoms with van der Waals surface area (Å²) in [6.07, 6.45) is 1.49. The molecule has 6 heteroatoms. The Kier molecular flexibility index (Phi) is 3.19. The highest BCUT2D eigenvalue weighted by molar-refractivity contribution is 6.50. The van der Waals surface area contributed by atoms with Crippen LogP contribution in [0.1, 0.15) is 22.3 Å². The van der Waals surface area contributed by atoms with Crippen LogP contribution in [0.3, 0.4) is 0 Å². The van der Waals surface area contributed by atoms with Gasteiger partial charge in [-0.1, -0.05) is 0 Å². The van der Waals surface area contributed by atoms with E-state index in [2.05, 4.69) is 9.98 Å². The Morgan fingerprint density at radius 2 is 0.958 bits per heavy atom. The molecule has 0 aliphatic carbocycles. The SMILES string of the molecule is Oc1cc2c(cc1O)C(C1=[NH+]CCc3cc(O)c(O)cc31)=[NH+]CC2. The number of phenolic OH excluding ortho intramolecular Hbond substituents is 4. The van der Waals surface area contributed by atoms with Crippen molar-refractivity contribution in [1.29, 1.82) is 0 Å². The molecule has 0 aromatic heterocycles. The van der Waals surface area contributed by atoms with Gasteiger partial charge in [0.1, 0.15) is 13.1 Å². The van der Waals surface area contributed by atoms with Crippen LogP contribution < -0.4 is 9.98 Å². The molecule has 24 heavy (non-hydrogen) atoms. The van der Waals surface area contributed by atoms with Gasteiger partial charge in [0.05, 0.1) is 11.1 Å². The lowest BCUT2D eigenvalue weighted by molar-refractivity contribution is -0.472. The number of nitrogens with one attached hydrogen (secondary N) is 2. The third-order valence-corrected chi connectivity index (χ3v) is 4.58. The lowest BCUT2D eigenvalue weighted by atomic mass is 9.88. The number of hydrogen-bond donors (Lipinski definition) is 6. The molecule has 0 unspecified atom stereocenters. The predicted molar refractivity (Wildman–Crippen MR) is 86.8 cm³/mol. The molecule has 6 N–H and O–H groups in total. The zero-order valence-electron chi connectivity index (χ0n) is 12.9. The maximum absolute atomic E-state index is 9.87. The summed E-state index contributed by atoms with van der Waals surface area (Å²) in [6, 6.07) is 6.28. The number of rotatable bonds is 1. The second kappa shape index (κ2) is 5.26. The molecule has 0 fully saturated rings. The molecule has 0 spiro atoms. The molecule has 4 rings (SSSR count). The molecule has 2 aromatic rings. The van der Waals surface area contributed by atoms with Crippen molar-refractivity contribution in [2.24, 2.45) is 0 Å². The number of fused-ring (bicyclic) bond motifs is 2. The van der Waals surface area contributed by atoms with E-state index >= 15 is 0 Å². The summed E-state index contributed by atoms with van der Waals surface area (Å²) in [6.45, 7) is 1.41. The minimum atomic E-state index is -0.167. The van der Waals surface area contributed by atoms with Crippen molar-refractivity contribution in [3.63, 3.8) is 0 Å². The van der Waals surface area contributed by atoms with E-state index in [1.54, 1.807) is 24.3 Å². The normalized spacial score (nSPS) is 16.0. The van der Waals surface area contributed by atoms with E-state index in [1.165, 1.54) is 0 Å². The summed E-state index contributed by atoms with van der Waals surface area (Å²) in [7, 11) is 0. The Balaban J connectivity index is 1.87. The smallest absolute Gasteiger partial charge is 0.278 e. The van der Waals surface area contributed by atoms with Crippen LogP contribution in [-0.2, 0) is 12.8 Å². The maximum Gasteiger partial charge on any atom is 0.278 e. The van der Waals surface area contributed by atoms with Crippen LogP contribution >= 0.6 is 0 Å². The minimum Gasteiger partial charge on any atom is -0.504 e. The summed E-state index contributed by atoms with van der Waals surface area (Å²) < 4.78 is 0. The first kappa shape index (κ1) is 14.6. The molecular formula is C18H18N2O4+2. The summed E-state index contributed by atoms with van der Waals surface area (Å²) in [5, 5.41) is 39.2. The fourth-order valence-electron chi connectivity index (χ4n) is 3.40. The molecular weight excluding hydrogens is 308 g/mol. The Labute approximate surface area is 138 Å². The van der Waals surface area contributed by atoms with Gasteiger partial charge in [0.2, 0.25) is 0 Å². The molecule has 0 atom stereocenters. The van der Waals surface area contributed by atoms with E-state index in [0.29, 0.717) is 13.1 Å². The van der Waals surface area contributed by atoms with E-state index in [-0.39, 0.29) is 23.0 Å². The fraction of sp³-hybridized carbons (Fsp3) is 0.222. The lowest BCUT2D eigenvalue weighted by Crippen LogP contribution is -2.85. The third-order valence-electron chi connectivity index (χ3n) is 4.58. The Bertz CT molecular complexity index is 840. The first-order valence-electron chi connectivity index (χ1n) is 7.87. The summed E-state index contributed by atoms with van der Waals surface area (Å²) in [5.41, 5.74) is 5.17. The van der Waals surface area contributed by atoms with Crippen molar-refractivity contribution in [3.05, 3.63) is 46.5 Å². The Morgan fingerprint density at radius 3 is 1.38 bits per heavy atom. The summed E-state index contributed by atoms with van der Waals surface area (Å²) in [4.78, 5) is 6.69. The lowest BCUT2D eigenvalue weighted by Gasteiger charge is -2.16. The van der Waals surface area contributed by atoms with Crippen LogP contribution in [0.5, 0.6) is 23.0 Å². The van der Waals surface area contributed by atoms with Crippen molar-refractivity contribution >= 4 is 11.4 Å². The molecule has 0 amide bonds. The summed E-state index contributed by atoms with van der Waals surface area (Å²) >= 11 is 0. The minimum absolute atomic E-state index is 0.125. The van der Waals surface area contributed by atoms with Gasteiger partial charge in [0, 0.05) is 12.8 Å². The van der Waals surface area contributed by atoms with Gasteiger partial charge < -0.3 is 20.4 Å². The van der Waals surface area contributed by atoms with E-state index in [0.717, 1.165) is 46.5 Å². The highest BCUT2D eigenvalue weighted by atomic mass is 16.3. The zero-order valence-corrected chi connectivity index (χ0v) is 12.9. The molecule has 0 saturated heterocycles. The van der Waals surface area contributed by atoms with Crippen LogP contribution in [-0.4, -0.2) is 44.9 Å². The van der Waals surface area contributed by atoms with Crippen LogP contribution in [0, 0.1) is 0 Å². The highest BCUT2D eigenvalue weighted by Crippen LogP contribution is 2.32. The molecule has 0 radical (unpaired) electrons. The first-order valence-corrected chi connectivity index (χ1v) is 7.87. The van der Waals surface area contributed by atoms with Gasteiger partial charge in [-0.05, 0) is 35.4 Å². The largest absolute Gasteiger partial charge is 0.504 e. The van der Waals surface area contributed by atoms with Gasteiger partial charge in [-0.3, -0.25) is 0 Å². The molecule has 2 heterocycles. The monoisotopic (exact) mass is 326 g/mol. The quantitative estimate of drug-likeness (QED) is 0.343.